The summed E-state index contributed by atoms with van der Waals surface area (Å²) >= 11 is 0. The Kier molecular flexibility index (Phi) is 7.24. The van der Waals surface area contributed by atoms with Crippen LogP contribution in [0.2, 0.25) is 0 Å². The second kappa shape index (κ2) is 9.45. The van der Waals surface area contributed by atoms with E-state index in [1.807, 2.05) is 13.8 Å². The van der Waals surface area contributed by atoms with Gasteiger partial charge in [0.15, 0.2) is 11.6 Å². The molecule has 2 heterocycles. The first-order valence-electron chi connectivity index (χ1n) is 9.25. The molecule has 0 bridgehead atoms. The van der Waals surface area contributed by atoms with Crippen LogP contribution in [-0.2, 0) is 0 Å². The first-order valence-corrected chi connectivity index (χ1v) is 9.25. The van der Waals surface area contributed by atoms with Crippen molar-refractivity contribution in [2.45, 2.75) is 45.5 Å². The molecule has 0 saturated carbocycles. The molecule has 2 rings (SSSR count). The first kappa shape index (κ1) is 23.0. The highest BCUT2D eigenvalue weighted by molar-refractivity contribution is 5.99. The SMILES string of the molecule is CC(C)Nc1cc(Nc2ncc(C#N)cc2F)ncc1C(=O)NC[C@@H](F)C(C)(C)O. The van der Waals surface area contributed by atoms with Gasteiger partial charge in [0.1, 0.15) is 18.1 Å². The Labute approximate surface area is 173 Å². The zero-order valence-corrected chi connectivity index (χ0v) is 17.1. The van der Waals surface area contributed by atoms with E-state index in [0.717, 1.165) is 6.07 Å². The van der Waals surface area contributed by atoms with Gasteiger partial charge < -0.3 is 21.1 Å². The molecule has 0 aliphatic rings. The number of carbonyl (C=O) groups excluding carboxylic acids is 1. The van der Waals surface area contributed by atoms with E-state index in [0.29, 0.717) is 5.69 Å². The molecule has 8 nitrogen and oxygen atoms in total. The van der Waals surface area contributed by atoms with E-state index in [1.54, 1.807) is 6.07 Å². The topological polar surface area (TPSA) is 123 Å². The van der Waals surface area contributed by atoms with Gasteiger partial charge >= 0.3 is 0 Å². The number of alkyl halides is 1. The third-order valence-electron chi connectivity index (χ3n) is 4.02. The summed E-state index contributed by atoms with van der Waals surface area (Å²) in [4.78, 5) is 20.5. The van der Waals surface area contributed by atoms with Crippen molar-refractivity contribution in [3.05, 3.63) is 41.5 Å². The van der Waals surface area contributed by atoms with E-state index in [2.05, 4.69) is 25.9 Å². The van der Waals surface area contributed by atoms with Crippen molar-refractivity contribution in [1.82, 2.24) is 15.3 Å². The van der Waals surface area contributed by atoms with Gasteiger partial charge in [0.2, 0.25) is 0 Å². The highest BCUT2D eigenvalue weighted by atomic mass is 19.1. The van der Waals surface area contributed by atoms with Crippen LogP contribution in [0.5, 0.6) is 0 Å². The highest BCUT2D eigenvalue weighted by Crippen LogP contribution is 2.23. The summed E-state index contributed by atoms with van der Waals surface area (Å²) in [6.07, 6.45) is 0.833. The molecule has 4 N–H and O–H groups in total. The average molecular weight is 418 g/mol. The van der Waals surface area contributed by atoms with Crippen molar-refractivity contribution in [3.8, 4) is 6.07 Å². The van der Waals surface area contributed by atoms with Gasteiger partial charge in [-0.1, -0.05) is 0 Å². The third-order valence-corrected chi connectivity index (χ3v) is 4.02. The number of amides is 1. The van der Waals surface area contributed by atoms with E-state index in [9.17, 15) is 18.7 Å². The lowest BCUT2D eigenvalue weighted by Crippen LogP contribution is -2.42. The quantitative estimate of drug-likeness (QED) is 0.520. The lowest BCUT2D eigenvalue weighted by molar-refractivity contribution is -0.00177. The molecule has 160 valence electrons. The molecule has 0 aliphatic heterocycles. The number of halogens is 2. The Bertz CT molecular complexity index is 953. The van der Waals surface area contributed by atoms with E-state index in [1.165, 1.54) is 32.3 Å². The number of nitrogens with zero attached hydrogens (tertiary/aromatic N) is 3. The van der Waals surface area contributed by atoms with Crippen LogP contribution in [0.4, 0.5) is 26.1 Å². The summed E-state index contributed by atoms with van der Waals surface area (Å²) in [7, 11) is 0. The van der Waals surface area contributed by atoms with Crippen LogP contribution < -0.4 is 16.0 Å². The van der Waals surface area contributed by atoms with Crippen LogP contribution in [-0.4, -0.2) is 45.3 Å². The van der Waals surface area contributed by atoms with E-state index in [-0.39, 0.29) is 35.3 Å². The molecule has 0 spiro atoms. The number of aliphatic hydroxyl groups is 1. The fraction of sp³-hybridized carbons (Fsp3) is 0.400. The van der Waals surface area contributed by atoms with Gasteiger partial charge in [-0.3, -0.25) is 4.79 Å². The van der Waals surface area contributed by atoms with Crippen molar-refractivity contribution < 1.29 is 18.7 Å². The molecule has 2 aromatic heterocycles. The lowest BCUT2D eigenvalue weighted by atomic mass is 10.0. The number of hydrogen-bond donors (Lipinski definition) is 4. The maximum atomic E-state index is 14.1. The minimum absolute atomic E-state index is 0.0399. The van der Waals surface area contributed by atoms with Crippen LogP contribution in [0.3, 0.4) is 0 Å². The largest absolute Gasteiger partial charge is 0.387 e. The minimum Gasteiger partial charge on any atom is -0.387 e. The number of carbonyl (C=O) groups is 1. The predicted octanol–water partition coefficient (Wildman–Crippen LogP) is 2.89. The van der Waals surface area contributed by atoms with Crippen LogP contribution >= 0.6 is 0 Å². The number of nitrogens with one attached hydrogen (secondary N) is 3. The van der Waals surface area contributed by atoms with Gasteiger partial charge in [0.05, 0.1) is 29.0 Å². The van der Waals surface area contributed by atoms with Gasteiger partial charge in [-0.25, -0.2) is 18.7 Å². The van der Waals surface area contributed by atoms with E-state index >= 15 is 0 Å². The summed E-state index contributed by atoms with van der Waals surface area (Å²) in [5.74, 6) is -1.21. The molecule has 0 aliphatic carbocycles. The zero-order valence-electron chi connectivity index (χ0n) is 17.1. The summed E-state index contributed by atoms with van der Waals surface area (Å²) in [5, 5.41) is 26.7. The molecule has 10 heteroatoms. The molecular weight excluding hydrogens is 394 g/mol. The second-order valence-electron chi connectivity index (χ2n) is 7.54. The van der Waals surface area contributed by atoms with E-state index in [4.69, 9.17) is 5.26 Å². The van der Waals surface area contributed by atoms with E-state index < -0.39 is 23.5 Å². The van der Waals surface area contributed by atoms with Crippen LogP contribution in [0, 0.1) is 17.1 Å². The predicted molar refractivity (Wildman–Crippen MR) is 109 cm³/mol. The van der Waals surface area contributed by atoms with Crippen molar-refractivity contribution >= 4 is 23.2 Å². The van der Waals surface area contributed by atoms with Crippen LogP contribution in [0.1, 0.15) is 43.6 Å². The average Bonchev–Trinajstić information content (AvgIpc) is 2.66. The van der Waals surface area contributed by atoms with Gasteiger partial charge in [0, 0.05) is 24.5 Å². The minimum atomic E-state index is -1.65. The molecule has 0 fully saturated rings. The van der Waals surface area contributed by atoms with Gasteiger partial charge in [-0.05, 0) is 33.8 Å². The number of nitriles is 1. The molecule has 2 aromatic rings. The highest BCUT2D eigenvalue weighted by Gasteiger charge is 2.27. The maximum absolute atomic E-state index is 14.1. The van der Waals surface area contributed by atoms with Crippen molar-refractivity contribution in [3.63, 3.8) is 0 Å². The molecule has 0 aromatic carbocycles. The molecule has 0 radical (unpaired) electrons. The number of hydrogen-bond acceptors (Lipinski definition) is 7. The monoisotopic (exact) mass is 418 g/mol. The number of anilines is 3. The Morgan fingerprint density at radius 2 is 2.00 bits per heavy atom. The molecule has 1 atom stereocenters. The summed E-state index contributed by atoms with van der Waals surface area (Å²) < 4.78 is 28.0. The molecule has 0 saturated heterocycles. The van der Waals surface area contributed by atoms with Crippen LogP contribution in [0.15, 0.2) is 24.5 Å². The molecule has 0 unspecified atom stereocenters. The molecule has 30 heavy (non-hydrogen) atoms. The summed E-state index contributed by atoms with van der Waals surface area (Å²) in [6, 6.07) is 4.30. The number of pyridine rings is 2. The molecule has 1 amide bonds. The van der Waals surface area contributed by atoms with Crippen molar-refractivity contribution in [2.24, 2.45) is 0 Å². The normalized spacial score (nSPS) is 12.2. The Morgan fingerprint density at radius 1 is 1.30 bits per heavy atom. The maximum Gasteiger partial charge on any atom is 0.255 e. The zero-order chi connectivity index (χ0) is 22.5. The Morgan fingerprint density at radius 3 is 2.57 bits per heavy atom. The first-order chi connectivity index (χ1) is 14.0. The van der Waals surface area contributed by atoms with Crippen molar-refractivity contribution in [2.75, 3.05) is 17.2 Å². The summed E-state index contributed by atoms with van der Waals surface area (Å²) in [6.45, 7) is 5.98. The smallest absolute Gasteiger partial charge is 0.255 e. The van der Waals surface area contributed by atoms with Crippen LogP contribution in [0.25, 0.3) is 0 Å². The van der Waals surface area contributed by atoms with Gasteiger partial charge in [-0.2, -0.15) is 5.26 Å². The summed E-state index contributed by atoms with van der Waals surface area (Å²) in [5.41, 5.74) is -0.952. The third kappa shape index (κ3) is 6.09. The number of aromatic nitrogens is 2. The Balaban J connectivity index is 2.24. The standard InChI is InChI=1S/C20H24F2N6O2/c1-11(2)27-15-6-17(28-18-14(21)5-12(7-23)8-25-18)24-9-13(15)19(29)26-10-16(22)20(3,4)30/h5-6,8-9,11,16,30H,10H2,1-4H3,(H,26,29)(H2,24,25,27,28)/t16-/m1/s1. The second-order valence-corrected chi connectivity index (χ2v) is 7.54. The fourth-order valence-corrected chi connectivity index (χ4v) is 2.37. The molecular formula is C20H24F2N6O2. The lowest BCUT2D eigenvalue weighted by Gasteiger charge is -2.23. The Hall–Kier alpha value is -3.32. The number of rotatable bonds is 8. The fourth-order valence-electron chi connectivity index (χ4n) is 2.37. The van der Waals surface area contributed by atoms with Gasteiger partial charge in [-0.15, -0.1) is 0 Å². The van der Waals surface area contributed by atoms with Gasteiger partial charge in [0.25, 0.3) is 5.91 Å². The van der Waals surface area contributed by atoms with Crippen molar-refractivity contribution in [1.29, 1.82) is 5.26 Å².